The molecule has 184 valence electrons. The third-order valence-corrected chi connectivity index (χ3v) is 5.59. The Kier molecular flexibility index (Phi) is 8.89. The summed E-state index contributed by atoms with van der Waals surface area (Å²) in [4.78, 5) is 0. The van der Waals surface area contributed by atoms with Crippen molar-refractivity contribution in [3.63, 3.8) is 0 Å². The molecule has 8 heteroatoms. The van der Waals surface area contributed by atoms with E-state index in [1.807, 2.05) is 36.4 Å². The summed E-state index contributed by atoms with van der Waals surface area (Å²) in [6, 6.07) is 14.4. The van der Waals surface area contributed by atoms with Gasteiger partial charge in [-0.25, -0.2) is 0 Å². The highest BCUT2D eigenvalue weighted by atomic mass is 35.5. The second-order valence-electron chi connectivity index (χ2n) is 7.44. The maximum Gasteiger partial charge on any atom is 0.203 e. The van der Waals surface area contributed by atoms with E-state index in [1.165, 1.54) is 0 Å². The maximum atomic E-state index is 10.5. The number of benzene rings is 3. The van der Waals surface area contributed by atoms with E-state index in [1.54, 1.807) is 65.0 Å². The molecule has 35 heavy (non-hydrogen) atoms. The van der Waals surface area contributed by atoms with Crippen LogP contribution in [0.4, 0.5) is 11.4 Å². The molecule has 0 bridgehead atoms. The monoisotopic (exact) mass is 496 g/mol. The molecule has 0 aromatic heterocycles. The summed E-state index contributed by atoms with van der Waals surface area (Å²) in [5.74, 6) is 2.13. The number of anilines is 2. The molecule has 0 heterocycles. The molecular weight excluding hydrogens is 468 g/mol. The zero-order valence-corrected chi connectivity index (χ0v) is 20.8. The second kappa shape index (κ2) is 12.1. The molecule has 1 atom stereocenters. The zero-order chi connectivity index (χ0) is 25.4. The first-order chi connectivity index (χ1) is 16.9. The van der Waals surface area contributed by atoms with Gasteiger partial charge in [0.2, 0.25) is 5.75 Å². The van der Waals surface area contributed by atoms with E-state index in [-0.39, 0.29) is 0 Å². The van der Waals surface area contributed by atoms with Gasteiger partial charge in [0.1, 0.15) is 11.9 Å². The Labute approximate surface area is 210 Å². The predicted molar refractivity (Wildman–Crippen MR) is 142 cm³/mol. The number of nitrogens with two attached hydrogens (primary N) is 1. The Hall–Kier alpha value is -3.81. The summed E-state index contributed by atoms with van der Waals surface area (Å²) < 4.78 is 21.6. The minimum atomic E-state index is -0.865. The van der Waals surface area contributed by atoms with Crippen LogP contribution >= 0.6 is 11.6 Å². The summed E-state index contributed by atoms with van der Waals surface area (Å²) in [7, 11) is 6.25. The Morgan fingerprint density at radius 1 is 0.886 bits per heavy atom. The average Bonchev–Trinajstić information content (AvgIpc) is 2.87. The van der Waals surface area contributed by atoms with Gasteiger partial charge in [0.25, 0.3) is 0 Å². The molecule has 0 saturated heterocycles. The number of nitrogen functional groups attached to an aromatic ring is 1. The molecule has 3 aromatic carbocycles. The Morgan fingerprint density at radius 3 is 2.14 bits per heavy atom. The van der Waals surface area contributed by atoms with Crippen LogP contribution in [0.3, 0.4) is 0 Å². The summed E-state index contributed by atoms with van der Waals surface area (Å²) in [6.45, 7) is 0. The van der Waals surface area contributed by atoms with Crippen molar-refractivity contribution in [3.05, 3.63) is 82.5 Å². The third-order valence-electron chi connectivity index (χ3n) is 5.30. The fourth-order valence-electron chi connectivity index (χ4n) is 3.48. The smallest absolute Gasteiger partial charge is 0.203 e. The van der Waals surface area contributed by atoms with Crippen molar-refractivity contribution in [2.75, 3.05) is 39.5 Å². The number of nitrogens with one attached hydrogen (secondary N) is 1. The normalized spacial score (nSPS) is 12.1. The fourth-order valence-corrected chi connectivity index (χ4v) is 3.73. The Morgan fingerprint density at radius 2 is 1.54 bits per heavy atom. The Bertz CT molecular complexity index is 1200. The first-order valence-electron chi connectivity index (χ1n) is 10.7. The van der Waals surface area contributed by atoms with Gasteiger partial charge in [-0.2, -0.15) is 0 Å². The number of aliphatic hydroxyl groups excluding tert-OH is 1. The maximum absolute atomic E-state index is 10.5. The lowest BCUT2D eigenvalue weighted by molar-refractivity contribution is 0.229. The highest BCUT2D eigenvalue weighted by Crippen LogP contribution is 2.39. The van der Waals surface area contributed by atoms with Crippen molar-refractivity contribution in [2.45, 2.75) is 6.10 Å². The number of hydrogen-bond donors (Lipinski definition) is 3. The first-order valence-corrected chi connectivity index (χ1v) is 11.1. The van der Waals surface area contributed by atoms with Crippen LogP contribution < -0.4 is 30.0 Å². The van der Waals surface area contributed by atoms with Gasteiger partial charge in [-0.1, -0.05) is 42.0 Å². The summed E-state index contributed by atoms with van der Waals surface area (Å²) in [5.41, 5.74) is 9.46. The SMILES string of the molecule is COc1cc(N/C=C\C(O)c2ccccc2N)c(/C=C\c2cc(OC)c(OC)c(OC)c2)cc1Cl. The van der Waals surface area contributed by atoms with Crippen LogP contribution in [0.2, 0.25) is 5.02 Å². The summed E-state index contributed by atoms with van der Waals surface area (Å²) >= 11 is 6.39. The van der Waals surface area contributed by atoms with Crippen LogP contribution in [0.25, 0.3) is 12.2 Å². The summed E-state index contributed by atoms with van der Waals surface area (Å²) in [6.07, 6.45) is 6.19. The van der Waals surface area contributed by atoms with Gasteiger partial charge in [0.15, 0.2) is 11.5 Å². The van der Waals surface area contributed by atoms with Crippen molar-refractivity contribution >= 4 is 35.1 Å². The lowest BCUT2D eigenvalue weighted by atomic mass is 10.1. The van der Waals surface area contributed by atoms with Crippen LogP contribution in [0.5, 0.6) is 23.0 Å². The number of halogens is 1. The van der Waals surface area contributed by atoms with Gasteiger partial charge in [-0.15, -0.1) is 0 Å². The van der Waals surface area contributed by atoms with Gasteiger partial charge in [-0.05, 0) is 47.7 Å². The van der Waals surface area contributed by atoms with E-state index >= 15 is 0 Å². The van der Waals surface area contributed by atoms with Crippen molar-refractivity contribution in [1.82, 2.24) is 0 Å². The topological polar surface area (TPSA) is 95.2 Å². The van der Waals surface area contributed by atoms with Gasteiger partial charge < -0.3 is 35.1 Å². The highest BCUT2D eigenvalue weighted by Gasteiger charge is 2.13. The minimum absolute atomic E-state index is 0.462. The molecule has 1 unspecified atom stereocenters. The van der Waals surface area contributed by atoms with Crippen molar-refractivity contribution in [3.8, 4) is 23.0 Å². The molecule has 0 aliphatic carbocycles. The molecule has 7 nitrogen and oxygen atoms in total. The molecule has 0 fully saturated rings. The van der Waals surface area contributed by atoms with Crippen molar-refractivity contribution < 1.29 is 24.1 Å². The molecule has 0 radical (unpaired) electrons. The van der Waals surface area contributed by atoms with E-state index in [0.29, 0.717) is 39.3 Å². The number of ether oxygens (including phenoxy) is 4. The highest BCUT2D eigenvalue weighted by molar-refractivity contribution is 6.32. The number of hydrogen-bond acceptors (Lipinski definition) is 7. The quantitative estimate of drug-likeness (QED) is 0.241. The molecule has 0 spiro atoms. The lowest BCUT2D eigenvalue weighted by Crippen LogP contribution is -2.00. The number of para-hydroxylation sites is 1. The van der Waals surface area contributed by atoms with Gasteiger partial charge >= 0.3 is 0 Å². The van der Waals surface area contributed by atoms with E-state index in [4.69, 9.17) is 36.3 Å². The predicted octanol–water partition coefficient (Wildman–Crippen LogP) is 5.79. The molecule has 0 amide bonds. The standard InChI is InChI=1S/C27H29ClN2O5/c1-32-24-16-22(30-12-11-23(31)19-7-5-6-8-21(19)29)18(15-20(24)28)10-9-17-13-25(33-2)27(35-4)26(14-17)34-3/h5-16,23,30-31H,29H2,1-4H3/b10-9-,12-11-. The molecule has 0 aliphatic rings. The second-order valence-corrected chi connectivity index (χ2v) is 7.85. The summed E-state index contributed by atoms with van der Waals surface area (Å²) in [5, 5.41) is 14.1. The third kappa shape index (κ3) is 6.20. The van der Waals surface area contributed by atoms with Crippen LogP contribution in [0, 0.1) is 0 Å². The van der Waals surface area contributed by atoms with Crippen LogP contribution in [-0.2, 0) is 0 Å². The van der Waals surface area contributed by atoms with E-state index in [0.717, 1.165) is 16.8 Å². The van der Waals surface area contributed by atoms with E-state index in [9.17, 15) is 5.11 Å². The van der Waals surface area contributed by atoms with Gasteiger partial charge in [0.05, 0.1) is 33.5 Å². The van der Waals surface area contributed by atoms with Crippen LogP contribution in [0.15, 0.2) is 60.8 Å². The van der Waals surface area contributed by atoms with Crippen LogP contribution in [-0.4, -0.2) is 33.5 Å². The van der Waals surface area contributed by atoms with Crippen molar-refractivity contribution in [1.29, 1.82) is 0 Å². The van der Waals surface area contributed by atoms with E-state index < -0.39 is 6.10 Å². The largest absolute Gasteiger partial charge is 0.495 e. The number of methoxy groups -OCH3 is 4. The molecule has 3 aromatic rings. The molecular formula is C27H29ClN2O5. The van der Waals surface area contributed by atoms with Gasteiger partial charge in [-0.3, -0.25) is 0 Å². The molecule has 0 aliphatic heterocycles. The zero-order valence-electron chi connectivity index (χ0n) is 20.0. The molecule has 0 saturated carbocycles. The Balaban J connectivity index is 1.91. The van der Waals surface area contributed by atoms with Crippen molar-refractivity contribution in [2.24, 2.45) is 0 Å². The van der Waals surface area contributed by atoms with Gasteiger partial charge in [0, 0.05) is 23.0 Å². The average molecular weight is 497 g/mol. The first kappa shape index (κ1) is 25.8. The lowest BCUT2D eigenvalue weighted by Gasteiger charge is -2.13. The minimum Gasteiger partial charge on any atom is -0.495 e. The van der Waals surface area contributed by atoms with Crippen LogP contribution in [0.1, 0.15) is 22.8 Å². The number of aliphatic hydroxyl groups is 1. The molecule has 4 N–H and O–H groups in total. The number of rotatable bonds is 10. The molecule has 3 rings (SSSR count). The fraction of sp³-hybridized carbons (Fsp3) is 0.185. The van der Waals surface area contributed by atoms with E-state index in [2.05, 4.69) is 5.32 Å².